The maximum absolute atomic E-state index is 13.3. The fraction of sp³-hybridized carbons (Fsp3) is 0.500. The summed E-state index contributed by atoms with van der Waals surface area (Å²) in [4.78, 5) is 8.63. The van der Waals surface area contributed by atoms with Crippen LogP contribution in [0.1, 0.15) is 39.2 Å². The molecule has 2 aromatic rings. The van der Waals surface area contributed by atoms with E-state index in [1.54, 1.807) is 31.4 Å². The predicted molar refractivity (Wildman–Crippen MR) is 121 cm³/mol. The van der Waals surface area contributed by atoms with Crippen LogP contribution in [0.3, 0.4) is 0 Å². The van der Waals surface area contributed by atoms with Gasteiger partial charge in [0.25, 0.3) is 0 Å². The highest BCUT2D eigenvalue weighted by Gasteiger charge is 2.35. The summed E-state index contributed by atoms with van der Waals surface area (Å²) in [6, 6.07) is 9.69. The molecule has 0 bridgehead atoms. The van der Waals surface area contributed by atoms with Gasteiger partial charge < -0.3 is 20.1 Å². The SMILES string of the molecule is CN=C(NCc1ccc(Oc2cccc(F)c2)nc1)NCC1CCCOC1C(C)(C)C. The summed E-state index contributed by atoms with van der Waals surface area (Å²) in [7, 11) is 1.77. The molecular formula is C24H33FN4O2. The van der Waals surface area contributed by atoms with Crippen LogP contribution in [-0.2, 0) is 11.3 Å². The van der Waals surface area contributed by atoms with Crippen LogP contribution < -0.4 is 15.4 Å². The van der Waals surface area contributed by atoms with Gasteiger partial charge in [-0.3, -0.25) is 4.99 Å². The number of nitrogens with zero attached hydrogens (tertiary/aromatic N) is 2. The molecule has 1 saturated heterocycles. The first-order valence-corrected chi connectivity index (χ1v) is 10.8. The normalized spacial score (nSPS) is 19.7. The largest absolute Gasteiger partial charge is 0.439 e. The van der Waals surface area contributed by atoms with E-state index in [4.69, 9.17) is 9.47 Å². The van der Waals surface area contributed by atoms with Crippen molar-refractivity contribution >= 4 is 5.96 Å². The Labute approximate surface area is 184 Å². The van der Waals surface area contributed by atoms with Crippen LogP contribution in [0, 0.1) is 17.2 Å². The second-order valence-corrected chi connectivity index (χ2v) is 8.93. The van der Waals surface area contributed by atoms with Gasteiger partial charge in [-0.05, 0) is 36.0 Å². The molecule has 0 spiro atoms. The molecule has 1 aromatic carbocycles. The van der Waals surface area contributed by atoms with E-state index in [0.29, 0.717) is 24.1 Å². The first kappa shape index (κ1) is 23.0. The minimum absolute atomic E-state index is 0.116. The third-order valence-corrected chi connectivity index (χ3v) is 5.33. The highest BCUT2D eigenvalue weighted by atomic mass is 19.1. The van der Waals surface area contributed by atoms with Gasteiger partial charge in [0.2, 0.25) is 5.88 Å². The molecule has 0 amide bonds. The summed E-state index contributed by atoms with van der Waals surface area (Å²) in [5.41, 5.74) is 1.10. The van der Waals surface area contributed by atoms with E-state index in [9.17, 15) is 4.39 Å². The van der Waals surface area contributed by atoms with Crippen LogP contribution in [0.25, 0.3) is 0 Å². The summed E-state index contributed by atoms with van der Waals surface area (Å²) in [5.74, 6) is 1.70. The zero-order valence-corrected chi connectivity index (χ0v) is 18.8. The van der Waals surface area contributed by atoms with Crippen molar-refractivity contribution in [3.8, 4) is 11.6 Å². The lowest BCUT2D eigenvalue weighted by Gasteiger charge is -2.40. The van der Waals surface area contributed by atoms with E-state index < -0.39 is 0 Å². The second-order valence-electron chi connectivity index (χ2n) is 8.93. The van der Waals surface area contributed by atoms with Crippen LogP contribution in [-0.4, -0.2) is 37.2 Å². The van der Waals surface area contributed by atoms with Crippen molar-refractivity contribution in [2.24, 2.45) is 16.3 Å². The Hall–Kier alpha value is -2.67. The molecule has 6 nitrogen and oxygen atoms in total. The molecule has 0 saturated carbocycles. The monoisotopic (exact) mass is 428 g/mol. The van der Waals surface area contributed by atoms with Gasteiger partial charge in [0.1, 0.15) is 11.6 Å². The molecule has 0 aliphatic carbocycles. The minimum Gasteiger partial charge on any atom is -0.439 e. The van der Waals surface area contributed by atoms with Gasteiger partial charge in [0.15, 0.2) is 5.96 Å². The van der Waals surface area contributed by atoms with Gasteiger partial charge in [-0.1, -0.05) is 32.9 Å². The number of halogens is 1. The van der Waals surface area contributed by atoms with Crippen molar-refractivity contribution in [3.05, 3.63) is 54.0 Å². The van der Waals surface area contributed by atoms with Crippen molar-refractivity contribution in [1.29, 1.82) is 0 Å². The number of guanidine groups is 1. The van der Waals surface area contributed by atoms with Crippen molar-refractivity contribution in [1.82, 2.24) is 15.6 Å². The van der Waals surface area contributed by atoms with Crippen LogP contribution in [0.2, 0.25) is 0 Å². The number of hydrogen-bond donors (Lipinski definition) is 2. The standard InChI is InChI=1S/C24H33FN4O2/c1-24(2,3)22-18(7-6-12-30-22)16-29-23(26-4)28-15-17-10-11-21(27-14-17)31-20-9-5-8-19(25)13-20/h5,8-11,13-14,18,22H,6-7,12,15-16H2,1-4H3,(H2,26,28,29). The molecule has 1 aliphatic heterocycles. The fourth-order valence-corrected chi connectivity index (χ4v) is 3.87. The zero-order chi connectivity index (χ0) is 22.3. The molecule has 2 unspecified atom stereocenters. The van der Waals surface area contributed by atoms with Crippen LogP contribution in [0.5, 0.6) is 11.6 Å². The average Bonchev–Trinajstić information content (AvgIpc) is 2.74. The molecule has 1 fully saturated rings. The Morgan fingerprint density at radius 2 is 2.10 bits per heavy atom. The Morgan fingerprint density at radius 3 is 2.77 bits per heavy atom. The van der Waals surface area contributed by atoms with Gasteiger partial charge in [0.05, 0.1) is 6.10 Å². The molecule has 1 aliphatic rings. The maximum atomic E-state index is 13.3. The van der Waals surface area contributed by atoms with Gasteiger partial charge in [-0.15, -0.1) is 0 Å². The Kier molecular flexibility index (Phi) is 7.85. The summed E-state index contributed by atoms with van der Waals surface area (Å²) in [6.45, 7) is 8.95. The average molecular weight is 429 g/mol. The summed E-state index contributed by atoms with van der Waals surface area (Å²) < 4.78 is 24.9. The number of aliphatic imine (C=N–C) groups is 1. The lowest BCUT2D eigenvalue weighted by atomic mass is 9.78. The molecule has 2 atom stereocenters. The Bertz CT molecular complexity index is 865. The Balaban J connectivity index is 1.49. The third-order valence-electron chi connectivity index (χ3n) is 5.33. The second kappa shape index (κ2) is 10.6. The molecular weight excluding hydrogens is 395 g/mol. The first-order chi connectivity index (χ1) is 14.8. The molecule has 2 heterocycles. The van der Waals surface area contributed by atoms with E-state index in [2.05, 4.69) is 41.4 Å². The number of pyridine rings is 1. The highest BCUT2D eigenvalue weighted by Crippen LogP contribution is 2.33. The number of rotatable bonds is 6. The number of hydrogen-bond acceptors (Lipinski definition) is 4. The van der Waals surface area contributed by atoms with E-state index in [0.717, 1.165) is 37.5 Å². The topological polar surface area (TPSA) is 67.8 Å². The van der Waals surface area contributed by atoms with Gasteiger partial charge >= 0.3 is 0 Å². The van der Waals surface area contributed by atoms with Crippen LogP contribution >= 0.6 is 0 Å². The quantitative estimate of drug-likeness (QED) is 0.523. The van der Waals surface area contributed by atoms with Crippen molar-refractivity contribution in [2.75, 3.05) is 20.2 Å². The molecule has 3 rings (SSSR count). The Morgan fingerprint density at radius 1 is 1.26 bits per heavy atom. The lowest BCUT2D eigenvalue weighted by molar-refractivity contribution is -0.0835. The highest BCUT2D eigenvalue weighted by molar-refractivity contribution is 5.79. The third kappa shape index (κ3) is 6.92. The van der Waals surface area contributed by atoms with E-state index in [1.807, 2.05) is 6.07 Å². The molecule has 7 heteroatoms. The van der Waals surface area contributed by atoms with E-state index >= 15 is 0 Å². The number of benzene rings is 1. The lowest BCUT2D eigenvalue weighted by Crippen LogP contribution is -2.47. The molecule has 168 valence electrons. The van der Waals surface area contributed by atoms with Gasteiger partial charge in [-0.25, -0.2) is 9.37 Å². The maximum Gasteiger partial charge on any atom is 0.219 e. The number of aromatic nitrogens is 1. The number of ether oxygens (including phenoxy) is 2. The number of nitrogens with one attached hydrogen (secondary N) is 2. The van der Waals surface area contributed by atoms with E-state index in [-0.39, 0.29) is 17.3 Å². The van der Waals surface area contributed by atoms with Crippen molar-refractivity contribution < 1.29 is 13.9 Å². The zero-order valence-electron chi connectivity index (χ0n) is 18.8. The van der Waals surface area contributed by atoms with Gasteiger partial charge in [-0.2, -0.15) is 0 Å². The molecule has 2 N–H and O–H groups in total. The van der Waals surface area contributed by atoms with Crippen LogP contribution in [0.15, 0.2) is 47.6 Å². The van der Waals surface area contributed by atoms with Gasteiger partial charge in [0, 0.05) is 51.0 Å². The van der Waals surface area contributed by atoms with Crippen molar-refractivity contribution in [2.45, 2.75) is 46.3 Å². The predicted octanol–water partition coefficient (Wildman–Crippen LogP) is 4.52. The summed E-state index contributed by atoms with van der Waals surface area (Å²) in [6.07, 6.45) is 4.23. The van der Waals surface area contributed by atoms with Crippen LogP contribution in [0.4, 0.5) is 4.39 Å². The summed E-state index contributed by atoms with van der Waals surface area (Å²) in [5, 5.41) is 6.76. The fourth-order valence-electron chi connectivity index (χ4n) is 3.87. The van der Waals surface area contributed by atoms with E-state index in [1.165, 1.54) is 12.1 Å². The summed E-state index contributed by atoms with van der Waals surface area (Å²) >= 11 is 0. The minimum atomic E-state index is -0.342. The molecule has 31 heavy (non-hydrogen) atoms. The van der Waals surface area contributed by atoms with Crippen molar-refractivity contribution in [3.63, 3.8) is 0 Å². The molecule has 1 aromatic heterocycles. The first-order valence-electron chi connectivity index (χ1n) is 10.8. The smallest absolute Gasteiger partial charge is 0.219 e. The molecule has 0 radical (unpaired) electrons.